The number of nitrogens with zero attached hydrogens (tertiary/aromatic N) is 6. The number of thiazole rings is 1. The summed E-state index contributed by atoms with van der Waals surface area (Å²) in [5, 5.41) is 9.17. The largest absolute Gasteiger partial charge is 0.357 e. The Kier molecular flexibility index (Phi) is 4.01. The third-order valence-electron chi connectivity index (χ3n) is 2.69. The molecule has 2 N–H and O–H groups in total. The first-order valence-corrected chi connectivity index (χ1v) is 7.27. The first-order chi connectivity index (χ1) is 10.3. The fraction of sp³-hybridized carbons (Fsp3) is 0.250. The van der Waals surface area contributed by atoms with Gasteiger partial charge >= 0.3 is 0 Å². The summed E-state index contributed by atoms with van der Waals surface area (Å²) in [4.78, 5) is 21.2. The molecule has 0 bridgehead atoms. The molecule has 21 heavy (non-hydrogen) atoms. The number of imidazole rings is 1. The topological polar surface area (TPSA) is 93.4 Å². The van der Waals surface area contributed by atoms with E-state index in [1.54, 1.807) is 47.9 Å². The van der Waals surface area contributed by atoms with E-state index < -0.39 is 0 Å². The van der Waals surface area contributed by atoms with Crippen molar-refractivity contribution in [3.05, 3.63) is 35.3 Å². The normalized spacial score (nSPS) is 10.5. The predicted octanol–water partition coefficient (Wildman–Crippen LogP) is 1.21. The molecule has 0 aliphatic rings. The summed E-state index contributed by atoms with van der Waals surface area (Å²) in [5.41, 5.74) is 0. The van der Waals surface area contributed by atoms with E-state index in [1.165, 1.54) is 0 Å². The maximum Gasteiger partial charge on any atom is 0.241 e. The van der Waals surface area contributed by atoms with Gasteiger partial charge in [-0.1, -0.05) is 0 Å². The summed E-state index contributed by atoms with van der Waals surface area (Å²) in [5.74, 6) is 1.55. The highest BCUT2D eigenvalue weighted by atomic mass is 32.1. The van der Waals surface area contributed by atoms with E-state index in [0.29, 0.717) is 24.4 Å². The Labute approximate surface area is 125 Å². The number of hydrogen-bond acceptors (Lipinski definition) is 8. The highest BCUT2D eigenvalue weighted by molar-refractivity contribution is 7.09. The molecule has 3 rings (SSSR count). The van der Waals surface area contributed by atoms with Gasteiger partial charge < -0.3 is 10.6 Å². The molecule has 3 heterocycles. The fourth-order valence-electron chi connectivity index (χ4n) is 1.71. The number of anilines is 2. The van der Waals surface area contributed by atoms with Gasteiger partial charge in [-0.2, -0.15) is 15.0 Å². The van der Waals surface area contributed by atoms with Gasteiger partial charge in [0.1, 0.15) is 6.33 Å². The molecule has 9 heteroatoms. The third-order valence-corrected chi connectivity index (χ3v) is 3.53. The van der Waals surface area contributed by atoms with Gasteiger partial charge in [-0.25, -0.2) is 9.97 Å². The molecule has 0 atom stereocenters. The van der Waals surface area contributed by atoms with E-state index in [2.05, 4.69) is 35.6 Å². The van der Waals surface area contributed by atoms with E-state index >= 15 is 0 Å². The zero-order valence-electron chi connectivity index (χ0n) is 11.4. The van der Waals surface area contributed by atoms with Gasteiger partial charge in [0.2, 0.25) is 17.8 Å². The molecule has 0 aromatic carbocycles. The number of nitrogens with one attached hydrogen (secondary N) is 2. The van der Waals surface area contributed by atoms with Gasteiger partial charge in [-0.05, 0) is 0 Å². The molecule has 0 radical (unpaired) electrons. The minimum absolute atomic E-state index is 0.505. The second kappa shape index (κ2) is 6.27. The van der Waals surface area contributed by atoms with Gasteiger partial charge in [-0.15, -0.1) is 11.3 Å². The van der Waals surface area contributed by atoms with Crippen LogP contribution >= 0.6 is 11.3 Å². The Hall–Kier alpha value is -2.55. The SMILES string of the molecule is CNc1nc(NCCc2nccs2)nc(-n2ccnc2)n1. The van der Waals surface area contributed by atoms with Gasteiger partial charge in [0.15, 0.2) is 0 Å². The fourth-order valence-corrected chi connectivity index (χ4v) is 2.33. The third kappa shape index (κ3) is 3.31. The second-order valence-electron chi connectivity index (χ2n) is 4.11. The van der Waals surface area contributed by atoms with E-state index in [9.17, 15) is 0 Å². The minimum atomic E-state index is 0.505. The van der Waals surface area contributed by atoms with Crippen LogP contribution in [0.1, 0.15) is 5.01 Å². The van der Waals surface area contributed by atoms with E-state index in [-0.39, 0.29) is 0 Å². The molecule has 0 aliphatic heterocycles. The van der Waals surface area contributed by atoms with E-state index in [1.807, 2.05) is 5.38 Å². The van der Waals surface area contributed by atoms with E-state index in [0.717, 1.165) is 11.4 Å². The summed E-state index contributed by atoms with van der Waals surface area (Å²) < 4.78 is 1.73. The van der Waals surface area contributed by atoms with Crippen LogP contribution in [-0.4, -0.2) is 43.1 Å². The van der Waals surface area contributed by atoms with Crippen LogP contribution in [0.15, 0.2) is 30.3 Å². The van der Waals surface area contributed by atoms with Crippen molar-refractivity contribution in [1.29, 1.82) is 0 Å². The molecular formula is C12H14N8S. The van der Waals surface area contributed by atoms with Gasteiger partial charge in [0.25, 0.3) is 0 Å². The molecule has 0 amide bonds. The van der Waals surface area contributed by atoms with Crippen LogP contribution in [0, 0.1) is 0 Å². The van der Waals surface area contributed by atoms with Crippen molar-refractivity contribution in [1.82, 2.24) is 29.5 Å². The van der Waals surface area contributed by atoms with Gasteiger partial charge in [0.05, 0.1) is 5.01 Å². The van der Waals surface area contributed by atoms with Crippen LogP contribution in [0.4, 0.5) is 11.9 Å². The van der Waals surface area contributed by atoms with Crippen LogP contribution < -0.4 is 10.6 Å². The van der Waals surface area contributed by atoms with Crippen molar-refractivity contribution >= 4 is 23.2 Å². The van der Waals surface area contributed by atoms with Crippen molar-refractivity contribution in [2.75, 3.05) is 24.2 Å². The Balaban J connectivity index is 1.73. The molecule has 3 aromatic heterocycles. The highest BCUT2D eigenvalue weighted by Crippen LogP contribution is 2.09. The van der Waals surface area contributed by atoms with Crippen LogP contribution in [0.5, 0.6) is 0 Å². The average Bonchev–Trinajstić information content (AvgIpc) is 3.20. The van der Waals surface area contributed by atoms with Crippen LogP contribution in [0.3, 0.4) is 0 Å². The molecule has 8 nitrogen and oxygen atoms in total. The average molecular weight is 302 g/mol. The maximum absolute atomic E-state index is 4.38. The summed E-state index contributed by atoms with van der Waals surface area (Å²) >= 11 is 1.64. The van der Waals surface area contributed by atoms with Crippen molar-refractivity contribution in [3.63, 3.8) is 0 Å². The van der Waals surface area contributed by atoms with Gasteiger partial charge in [0, 0.05) is 44.0 Å². The molecule has 3 aromatic rings. The molecule has 0 spiro atoms. The summed E-state index contributed by atoms with van der Waals surface area (Å²) in [7, 11) is 1.77. The molecule has 108 valence electrons. The van der Waals surface area contributed by atoms with Crippen molar-refractivity contribution in [2.24, 2.45) is 0 Å². The summed E-state index contributed by atoms with van der Waals surface area (Å²) in [6, 6.07) is 0. The lowest BCUT2D eigenvalue weighted by Gasteiger charge is -2.08. The Bertz CT molecular complexity index is 679. The monoisotopic (exact) mass is 302 g/mol. The quantitative estimate of drug-likeness (QED) is 0.707. The van der Waals surface area contributed by atoms with Crippen LogP contribution in [0.2, 0.25) is 0 Å². The second-order valence-corrected chi connectivity index (χ2v) is 5.08. The zero-order valence-corrected chi connectivity index (χ0v) is 12.2. The number of rotatable bonds is 6. The van der Waals surface area contributed by atoms with Crippen LogP contribution in [0.25, 0.3) is 5.95 Å². The lowest BCUT2D eigenvalue weighted by molar-refractivity contribution is 0.885. The zero-order chi connectivity index (χ0) is 14.5. The summed E-state index contributed by atoms with van der Waals surface area (Å²) in [6.45, 7) is 0.712. The Morgan fingerprint density at radius 1 is 1.19 bits per heavy atom. The van der Waals surface area contributed by atoms with Crippen molar-refractivity contribution < 1.29 is 0 Å². The number of hydrogen-bond donors (Lipinski definition) is 2. The highest BCUT2D eigenvalue weighted by Gasteiger charge is 2.07. The lowest BCUT2D eigenvalue weighted by atomic mass is 10.4. The molecule has 0 unspecified atom stereocenters. The summed E-state index contributed by atoms with van der Waals surface area (Å²) in [6.07, 6.45) is 7.75. The lowest BCUT2D eigenvalue weighted by Crippen LogP contribution is -2.12. The Morgan fingerprint density at radius 3 is 2.81 bits per heavy atom. The van der Waals surface area contributed by atoms with Crippen molar-refractivity contribution in [2.45, 2.75) is 6.42 Å². The first-order valence-electron chi connectivity index (χ1n) is 6.39. The van der Waals surface area contributed by atoms with Crippen molar-refractivity contribution in [3.8, 4) is 5.95 Å². The van der Waals surface area contributed by atoms with E-state index in [4.69, 9.17) is 0 Å². The predicted molar refractivity (Wildman–Crippen MR) is 80.8 cm³/mol. The van der Waals surface area contributed by atoms with Gasteiger partial charge in [-0.3, -0.25) is 4.57 Å². The molecule has 0 fully saturated rings. The molecular weight excluding hydrogens is 288 g/mol. The first kappa shape index (κ1) is 13.4. The van der Waals surface area contributed by atoms with Crippen LogP contribution in [-0.2, 0) is 6.42 Å². The molecule has 0 saturated heterocycles. The maximum atomic E-state index is 4.38. The Morgan fingerprint density at radius 2 is 2.10 bits per heavy atom. The minimum Gasteiger partial charge on any atom is -0.357 e. The molecule has 0 saturated carbocycles. The number of aromatic nitrogens is 6. The standard InChI is InChI=1S/C12H14N8S/c1-13-10-17-11(16-3-2-9-15-5-7-21-9)19-12(18-10)20-6-4-14-8-20/h4-8H,2-3H2,1H3,(H2,13,16,17,18,19). The molecule has 0 aliphatic carbocycles. The smallest absolute Gasteiger partial charge is 0.241 e.